The van der Waals surface area contributed by atoms with Crippen LogP contribution in [0.15, 0.2) is 77.7 Å². The Hall–Kier alpha value is -2.38. The molecule has 1 amide bonds. The molecule has 0 unspecified atom stereocenters. The van der Waals surface area contributed by atoms with E-state index >= 15 is 0 Å². The molecule has 0 aliphatic heterocycles. The Bertz CT molecular complexity index is 1130. The minimum absolute atomic E-state index is 0.0498. The van der Waals surface area contributed by atoms with Crippen molar-refractivity contribution >= 4 is 44.8 Å². The van der Waals surface area contributed by atoms with Gasteiger partial charge < -0.3 is 5.32 Å². The van der Waals surface area contributed by atoms with Gasteiger partial charge in [-0.2, -0.15) is 4.31 Å². The lowest BCUT2D eigenvalue weighted by molar-refractivity contribution is -0.116. The quantitative estimate of drug-likeness (QED) is 0.528. The lowest BCUT2D eigenvalue weighted by atomic mass is 10.1. The summed E-state index contributed by atoms with van der Waals surface area (Å²) >= 11 is 11.8. The first-order valence-corrected chi connectivity index (χ1v) is 11.3. The Balaban J connectivity index is 1.87. The number of nitrogens with one attached hydrogen (secondary N) is 1. The van der Waals surface area contributed by atoms with Gasteiger partial charge in [-0.15, -0.1) is 0 Å². The maximum absolute atomic E-state index is 13.2. The Morgan fingerprint density at radius 1 is 0.933 bits per heavy atom. The van der Waals surface area contributed by atoms with E-state index in [9.17, 15) is 13.2 Å². The van der Waals surface area contributed by atoms with Crippen molar-refractivity contribution in [3.8, 4) is 0 Å². The van der Waals surface area contributed by atoms with E-state index in [-0.39, 0.29) is 18.0 Å². The molecule has 0 aliphatic carbocycles. The zero-order valence-electron chi connectivity index (χ0n) is 16.2. The van der Waals surface area contributed by atoms with Gasteiger partial charge in [-0.3, -0.25) is 4.79 Å². The van der Waals surface area contributed by atoms with Gasteiger partial charge in [0.05, 0.1) is 11.4 Å². The van der Waals surface area contributed by atoms with Gasteiger partial charge in [-0.1, -0.05) is 59.1 Å². The van der Waals surface area contributed by atoms with Crippen LogP contribution in [0.1, 0.15) is 11.1 Å². The number of carbonyl (C=O) groups is 1. The highest BCUT2D eigenvalue weighted by atomic mass is 35.5. The lowest BCUT2D eigenvalue weighted by Gasteiger charge is -2.22. The van der Waals surface area contributed by atoms with Crippen molar-refractivity contribution in [1.82, 2.24) is 4.31 Å². The topological polar surface area (TPSA) is 66.5 Å². The number of halogens is 2. The summed E-state index contributed by atoms with van der Waals surface area (Å²) in [5, 5.41) is 3.59. The minimum atomic E-state index is -3.93. The SMILES string of the molecule is Cc1ccc(CN(CC(=O)Nc2cccc(Cl)c2)S(=O)(=O)c2ccc(Cl)cc2)cc1. The standard InChI is InChI=1S/C22H20Cl2N2O3S/c1-16-5-7-17(8-6-16)14-26(30(28,29)21-11-9-18(23)10-12-21)15-22(27)25-20-4-2-3-19(24)13-20/h2-13H,14-15H2,1H3,(H,25,27). The van der Waals surface area contributed by atoms with Gasteiger partial charge in [-0.05, 0) is 55.0 Å². The number of aryl methyl sites for hydroxylation is 1. The van der Waals surface area contributed by atoms with Crippen LogP contribution in [-0.2, 0) is 21.4 Å². The minimum Gasteiger partial charge on any atom is -0.325 e. The number of nitrogens with zero attached hydrogens (tertiary/aromatic N) is 1. The van der Waals surface area contributed by atoms with Crippen molar-refractivity contribution in [2.45, 2.75) is 18.4 Å². The average molecular weight is 463 g/mol. The summed E-state index contributed by atoms with van der Waals surface area (Å²) < 4.78 is 27.6. The van der Waals surface area contributed by atoms with Crippen LogP contribution >= 0.6 is 23.2 Å². The van der Waals surface area contributed by atoms with E-state index in [1.54, 1.807) is 24.3 Å². The monoisotopic (exact) mass is 462 g/mol. The van der Waals surface area contributed by atoms with Crippen LogP contribution in [0.5, 0.6) is 0 Å². The molecule has 0 radical (unpaired) electrons. The van der Waals surface area contributed by atoms with E-state index in [0.29, 0.717) is 15.7 Å². The van der Waals surface area contributed by atoms with Crippen molar-refractivity contribution in [1.29, 1.82) is 0 Å². The van der Waals surface area contributed by atoms with Gasteiger partial charge in [0.25, 0.3) is 0 Å². The third kappa shape index (κ3) is 5.83. The molecule has 0 heterocycles. The highest BCUT2D eigenvalue weighted by molar-refractivity contribution is 7.89. The Labute approximate surface area is 186 Å². The maximum atomic E-state index is 13.2. The normalized spacial score (nSPS) is 11.5. The van der Waals surface area contributed by atoms with Gasteiger partial charge in [-0.25, -0.2) is 8.42 Å². The van der Waals surface area contributed by atoms with E-state index in [2.05, 4.69) is 5.32 Å². The van der Waals surface area contributed by atoms with E-state index in [4.69, 9.17) is 23.2 Å². The molecule has 0 saturated heterocycles. The lowest BCUT2D eigenvalue weighted by Crippen LogP contribution is -2.37. The first-order chi connectivity index (χ1) is 14.2. The average Bonchev–Trinajstić information content (AvgIpc) is 2.69. The van der Waals surface area contributed by atoms with Crippen molar-refractivity contribution < 1.29 is 13.2 Å². The molecule has 0 fully saturated rings. The van der Waals surface area contributed by atoms with E-state index in [0.717, 1.165) is 15.4 Å². The first-order valence-electron chi connectivity index (χ1n) is 9.11. The zero-order chi connectivity index (χ0) is 21.7. The van der Waals surface area contributed by atoms with Crippen LogP contribution in [0.2, 0.25) is 10.0 Å². The number of anilines is 1. The molecule has 3 rings (SSSR count). The molecule has 5 nitrogen and oxygen atoms in total. The summed E-state index contributed by atoms with van der Waals surface area (Å²) in [5.74, 6) is -0.470. The Morgan fingerprint density at radius 3 is 2.23 bits per heavy atom. The number of carbonyl (C=O) groups excluding carboxylic acids is 1. The van der Waals surface area contributed by atoms with Gasteiger partial charge in [0.1, 0.15) is 0 Å². The predicted octanol–water partition coefficient (Wildman–Crippen LogP) is 5.13. The van der Waals surface area contributed by atoms with Crippen LogP contribution in [-0.4, -0.2) is 25.2 Å². The molecule has 0 bridgehead atoms. The van der Waals surface area contributed by atoms with E-state index in [1.807, 2.05) is 31.2 Å². The predicted molar refractivity (Wildman–Crippen MR) is 120 cm³/mol. The molecule has 3 aromatic carbocycles. The summed E-state index contributed by atoms with van der Waals surface area (Å²) in [6.07, 6.45) is 0. The fourth-order valence-electron chi connectivity index (χ4n) is 2.81. The van der Waals surface area contributed by atoms with Gasteiger partial charge in [0.2, 0.25) is 15.9 Å². The van der Waals surface area contributed by atoms with Crippen LogP contribution < -0.4 is 5.32 Å². The number of sulfonamides is 1. The van der Waals surface area contributed by atoms with Crippen molar-refractivity contribution in [3.05, 3.63) is 94.0 Å². The summed E-state index contributed by atoms with van der Waals surface area (Å²) in [4.78, 5) is 12.7. The zero-order valence-corrected chi connectivity index (χ0v) is 18.5. The first kappa shape index (κ1) is 22.3. The van der Waals surface area contributed by atoms with Crippen molar-refractivity contribution in [3.63, 3.8) is 0 Å². The van der Waals surface area contributed by atoms with Gasteiger partial charge in [0.15, 0.2) is 0 Å². The highest BCUT2D eigenvalue weighted by Crippen LogP contribution is 2.21. The number of hydrogen-bond donors (Lipinski definition) is 1. The van der Waals surface area contributed by atoms with Gasteiger partial charge in [0, 0.05) is 22.3 Å². The molecule has 1 N–H and O–H groups in total. The Kier molecular flexibility index (Phi) is 7.15. The molecule has 0 aliphatic rings. The molecule has 8 heteroatoms. The second kappa shape index (κ2) is 9.62. The molecule has 0 saturated carbocycles. The molecule has 0 atom stereocenters. The van der Waals surface area contributed by atoms with E-state index < -0.39 is 15.9 Å². The molecule has 3 aromatic rings. The second-order valence-electron chi connectivity index (χ2n) is 6.77. The molecule has 156 valence electrons. The summed E-state index contributed by atoms with van der Waals surface area (Å²) in [7, 11) is -3.93. The number of benzene rings is 3. The van der Waals surface area contributed by atoms with E-state index in [1.165, 1.54) is 24.3 Å². The molecular weight excluding hydrogens is 443 g/mol. The molecule has 30 heavy (non-hydrogen) atoms. The summed E-state index contributed by atoms with van der Waals surface area (Å²) in [6, 6.07) is 20.0. The molecule has 0 spiro atoms. The number of rotatable bonds is 7. The third-order valence-electron chi connectivity index (χ3n) is 4.36. The smallest absolute Gasteiger partial charge is 0.243 e. The second-order valence-corrected chi connectivity index (χ2v) is 9.58. The Morgan fingerprint density at radius 2 is 1.60 bits per heavy atom. The summed E-state index contributed by atoms with van der Waals surface area (Å²) in [6.45, 7) is 1.64. The fraction of sp³-hybridized carbons (Fsp3) is 0.136. The van der Waals surface area contributed by atoms with Crippen molar-refractivity contribution in [2.75, 3.05) is 11.9 Å². The number of hydrogen-bond acceptors (Lipinski definition) is 3. The molecular formula is C22H20Cl2N2O3S. The largest absolute Gasteiger partial charge is 0.325 e. The van der Waals surface area contributed by atoms with Crippen molar-refractivity contribution in [2.24, 2.45) is 0 Å². The highest BCUT2D eigenvalue weighted by Gasteiger charge is 2.27. The van der Waals surface area contributed by atoms with Crippen LogP contribution in [0, 0.1) is 6.92 Å². The van der Waals surface area contributed by atoms with Gasteiger partial charge >= 0.3 is 0 Å². The summed E-state index contributed by atoms with van der Waals surface area (Å²) in [5.41, 5.74) is 2.32. The number of amides is 1. The van der Waals surface area contributed by atoms with Crippen LogP contribution in [0.4, 0.5) is 5.69 Å². The molecule has 0 aromatic heterocycles. The maximum Gasteiger partial charge on any atom is 0.243 e. The van der Waals surface area contributed by atoms with Crippen LogP contribution in [0.3, 0.4) is 0 Å². The fourth-order valence-corrected chi connectivity index (χ4v) is 4.51. The van der Waals surface area contributed by atoms with Crippen LogP contribution in [0.25, 0.3) is 0 Å². The third-order valence-corrected chi connectivity index (χ3v) is 6.65.